The van der Waals surface area contributed by atoms with E-state index in [4.69, 9.17) is 9.47 Å². The number of carbonyl (C=O) groups is 1. The predicted molar refractivity (Wildman–Crippen MR) is 127 cm³/mol. The van der Waals surface area contributed by atoms with Crippen molar-refractivity contribution in [3.8, 4) is 34.5 Å². The molecule has 0 saturated carbocycles. The monoisotopic (exact) mass is 425 g/mol. The van der Waals surface area contributed by atoms with E-state index in [1.165, 1.54) is 0 Å². The van der Waals surface area contributed by atoms with Crippen molar-refractivity contribution in [3.05, 3.63) is 83.9 Å². The molecular weight excluding hydrogens is 398 g/mol. The second-order valence-electron chi connectivity index (χ2n) is 8.44. The van der Waals surface area contributed by atoms with Crippen LogP contribution in [0.25, 0.3) is 11.1 Å². The SMILES string of the molecule is CC1(C)Cc2cccc(OCC#CCNC(=O)Cc3ccc(-c4ccccc4)cc3)c2O1. The molecule has 0 saturated heterocycles. The van der Waals surface area contributed by atoms with Crippen molar-refractivity contribution >= 4 is 5.91 Å². The van der Waals surface area contributed by atoms with Crippen LogP contribution in [0.4, 0.5) is 0 Å². The number of nitrogens with one attached hydrogen (secondary N) is 1. The molecule has 0 spiro atoms. The molecule has 0 atom stereocenters. The largest absolute Gasteiger partial charge is 0.483 e. The average molecular weight is 426 g/mol. The summed E-state index contributed by atoms with van der Waals surface area (Å²) in [5, 5.41) is 2.84. The fourth-order valence-electron chi connectivity index (χ4n) is 3.76. The van der Waals surface area contributed by atoms with E-state index in [1.54, 1.807) is 0 Å². The Morgan fingerprint density at radius 2 is 1.72 bits per heavy atom. The van der Waals surface area contributed by atoms with Gasteiger partial charge in [0.25, 0.3) is 0 Å². The first kappa shape index (κ1) is 21.5. The van der Waals surface area contributed by atoms with Crippen LogP contribution in [0.15, 0.2) is 72.8 Å². The summed E-state index contributed by atoms with van der Waals surface area (Å²) in [5.41, 5.74) is 4.22. The molecule has 4 heteroatoms. The minimum Gasteiger partial charge on any atom is -0.483 e. The van der Waals surface area contributed by atoms with Crippen LogP contribution in [-0.2, 0) is 17.6 Å². The first-order chi connectivity index (χ1) is 15.5. The van der Waals surface area contributed by atoms with E-state index < -0.39 is 0 Å². The molecule has 3 aromatic carbocycles. The van der Waals surface area contributed by atoms with Gasteiger partial charge in [0.15, 0.2) is 11.5 Å². The molecule has 3 aromatic rings. The molecule has 32 heavy (non-hydrogen) atoms. The fourth-order valence-corrected chi connectivity index (χ4v) is 3.76. The van der Waals surface area contributed by atoms with Gasteiger partial charge in [-0.2, -0.15) is 0 Å². The minimum absolute atomic E-state index is 0.0517. The first-order valence-corrected chi connectivity index (χ1v) is 10.8. The van der Waals surface area contributed by atoms with Gasteiger partial charge < -0.3 is 14.8 Å². The molecule has 1 amide bonds. The quantitative estimate of drug-likeness (QED) is 0.577. The number of hydrogen-bond acceptors (Lipinski definition) is 3. The number of para-hydroxylation sites is 1. The van der Waals surface area contributed by atoms with Crippen LogP contribution in [0.2, 0.25) is 0 Å². The zero-order chi connectivity index (χ0) is 22.4. The molecule has 1 heterocycles. The van der Waals surface area contributed by atoms with Gasteiger partial charge in [-0.25, -0.2) is 0 Å². The Bertz CT molecular complexity index is 1140. The number of fused-ring (bicyclic) bond motifs is 1. The zero-order valence-corrected chi connectivity index (χ0v) is 18.5. The van der Waals surface area contributed by atoms with Crippen molar-refractivity contribution < 1.29 is 14.3 Å². The molecule has 0 unspecified atom stereocenters. The highest BCUT2D eigenvalue weighted by molar-refractivity contribution is 5.79. The van der Waals surface area contributed by atoms with Gasteiger partial charge >= 0.3 is 0 Å². The van der Waals surface area contributed by atoms with E-state index in [-0.39, 0.29) is 18.1 Å². The summed E-state index contributed by atoms with van der Waals surface area (Å²) in [4.78, 5) is 12.2. The number of hydrogen-bond donors (Lipinski definition) is 1. The third kappa shape index (κ3) is 5.50. The molecule has 0 aromatic heterocycles. The molecule has 4 rings (SSSR count). The lowest BCUT2D eigenvalue weighted by Gasteiger charge is -2.17. The zero-order valence-electron chi connectivity index (χ0n) is 18.5. The maximum absolute atomic E-state index is 12.2. The van der Waals surface area contributed by atoms with Crippen molar-refractivity contribution in [2.24, 2.45) is 0 Å². The van der Waals surface area contributed by atoms with E-state index in [0.29, 0.717) is 18.7 Å². The molecule has 0 fully saturated rings. The molecule has 1 aliphatic rings. The van der Waals surface area contributed by atoms with Crippen molar-refractivity contribution in [2.45, 2.75) is 32.3 Å². The molecule has 0 bridgehead atoms. The fraction of sp³-hybridized carbons (Fsp3) is 0.250. The van der Waals surface area contributed by atoms with Gasteiger partial charge in [-0.3, -0.25) is 4.79 Å². The maximum Gasteiger partial charge on any atom is 0.225 e. The second kappa shape index (κ2) is 9.62. The normalized spacial score (nSPS) is 13.3. The number of carbonyl (C=O) groups excluding carboxylic acids is 1. The molecule has 162 valence electrons. The van der Waals surface area contributed by atoms with E-state index in [0.717, 1.165) is 34.4 Å². The molecule has 4 nitrogen and oxygen atoms in total. The van der Waals surface area contributed by atoms with Gasteiger partial charge in [0.1, 0.15) is 12.2 Å². The van der Waals surface area contributed by atoms with E-state index in [1.807, 2.05) is 54.6 Å². The molecule has 0 radical (unpaired) electrons. The summed E-state index contributed by atoms with van der Waals surface area (Å²) >= 11 is 0. The number of ether oxygens (including phenoxy) is 2. The second-order valence-corrected chi connectivity index (χ2v) is 8.44. The first-order valence-electron chi connectivity index (χ1n) is 10.8. The lowest BCUT2D eigenvalue weighted by molar-refractivity contribution is -0.120. The smallest absolute Gasteiger partial charge is 0.225 e. The van der Waals surface area contributed by atoms with E-state index >= 15 is 0 Å². The van der Waals surface area contributed by atoms with Crippen LogP contribution in [0.1, 0.15) is 25.0 Å². The standard InChI is InChI=1S/C28H27NO3/c1-28(2)20-24-11-8-12-25(27(24)32-28)31-18-7-6-17-29-26(30)19-21-13-15-23(16-14-21)22-9-4-3-5-10-22/h3-5,8-16H,17-20H2,1-2H3,(H,29,30). The van der Waals surface area contributed by atoms with Crippen LogP contribution >= 0.6 is 0 Å². The Morgan fingerprint density at radius 1 is 0.969 bits per heavy atom. The summed E-state index contributed by atoms with van der Waals surface area (Å²) in [6, 6.07) is 24.2. The third-order valence-electron chi connectivity index (χ3n) is 5.28. The van der Waals surface area contributed by atoms with Crippen molar-refractivity contribution in [1.29, 1.82) is 0 Å². The molecular formula is C28H27NO3. The van der Waals surface area contributed by atoms with E-state index in [9.17, 15) is 4.79 Å². The third-order valence-corrected chi connectivity index (χ3v) is 5.28. The van der Waals surface area contributed by atoms with Gasteiger partial charge in [0.05, 0.1) is 13.0 Å². The van der Waals surface area contributed by atoms with E-state index in [2.05, 4.69) is 49.2 Å². The molecule has 0 aliphatic carbocycles. The highest BCUT2D eigenvalue weighted by Crippen LogP contribution is 2.41. The summed E-state index contributed by atoms with van der Waals surface area (Å²) < 4.78 is 11.8. The lowest BCUT2D eigenvalue weighted by Crippen LogP contribution is -2.25. The van der Waals surface area contributed by atoms with Crippen LogP contribution < -0.4 is 14.8 Å². The van der Waals surface area contributed by atoms with Gasteiger partial charge in [-0.1, -0.05) is 78.6 Å². The topological polar surface area (TPSA) is 47.6 Å². The Kier molecular flexibility index (Phi) is 6.47. The van der Waals surface area contributed by atoms with Gasteiger partial charge in [0, 0.05) is 12.0 Å². The average Bonchev–Trinajstić information content (AvgIpc) is 3.12. The molecule has 1 aliphatic heterocycles. The number of rotatable bonds is 6. The Balaban J connectivity index is 1.21. The van der Waals surface area contributed by atoms with Crippen molar-refractivity contribution in [1.82, 2.24) is 5.32 Å². The van der Waals surface area contributed by atoms with Gasteiger partial charge in [0.2, 0.25) is 5.91 Å². The van der Waals surface area contributed by atoms with Crippen LogP contribution in [0, 0.1) is 11.8 Å². The highest BCUT2D eigenvalue weighted by Gasteiger charge is 2.32. The minimum atomic E-state index is -0.209. The Morgan fingerprint density at radius 3 is 2.50 bits per heavy atom. The van der Waals surface area contributed by atoms with Crippen LogP contribution in [0.3, 0.4) is 0 Å². The number of benzene rings is 3. The summed E-state index contributed by atoms with van der Waals surface area (Å²) in [7, 11) is 0. The highest BCUT2D eigenvalue weighted by atomic mass is 16.5. The number of amides is 1. The summed E-state index contributed by atoms with van der Waals surface area (Å²) in [6.45, 7) is 4.67. The van der Waals surface area contributed by atoms with Crippen LogP contribution in [0.5, 0.6) is 11.5 Å². The maximum atomic E-state index is 12.2. The summed E-state index contributed by atoms with van der Waals surface area (Å²) in [6.07, 6.45) is 1.20. The Labute approximate surface area is 189 Å². The van der Waals surface area contributed by atoms with Gasteiger partial charge in [-0.15, -0.1) is 0 Å². The molecule has 1 N–H and O–H groups in total. The van der Waals surface area contributed by atoms with Crippen molar-refractivity contribution in [3.63, 3.8) is 0 Å². The predicted octanol–water partition coefficient (Wildman–Crippen LogP) is 4.81. The van der Waals surface area contributed by atoms with Crippen LogP contribution in [-0.4, -0.2) is 24.7 Å². The lowest BCUT2D eigenvalue weighted by atomic mass is 10.0. The van der Waals surface area contributed by atoms with Crippen molar-refractivity contribution in [2.75, 3.05) is 13.2 Å². The Hall–Kier alpha value is -3.71. The summed E-state index contributed by atoms with van der Waals surface area (Å²) in [5.74, 6) is 7.36. The van der Waals surface area contributed by atoms with Gasteiger partial charge in [-0.05, 0) is 36.6 Å².